The van der Waals surface area contributed by atoms with Crippen LogP contribution in [0.3, 0.4) is 0 Å². The van der Waals surface area contributed by atoms with E-state index in [1.54, 1.807) is 5.32 Å². The average molecular weight is 1130 g/mol. The molecule has 0 saturated carbocycles. The molecule has 4 amide bonds. The molecule has 0 unspecified atom stereocenters. The predicted octanol–water partition coefficient (Wildman–Crippen LogP) is 10.6. The van der Waals surface area contributed by atoms with Crippen molar-refractivity contribution in [3.05, 3.63) is 152 Å². The maximum Gasteiger partial charge on any atom is 0.417 e. The number of esters is 2. The Morgan fingerprint density at radius 1 is 0.418 bits per heavy atom. The fourth-order valence-corrected chi connectivity index (χ4v) is 8.00. The Labute approximate surface area is 437 Å². The van der Waals surface area contributed by atoms with Gasteiger partial charge in [-0.1, -0.05) is 24.3 Å². The number of hydrogen-bond donors (Lipinski definition) is 6. The molecule has 6 N–H and O–H groups in total. The molecule has 0 atom stereocenters. The Morgan fingerprint density at radius 2 is 0.759 bits per heavy atom. The minimum atomic E-state index is -6.54. The monoisotopic (exact) mass is 1130 g/mol. The Hall–Kier alpha value is -8.98. The van der Waals surface area contributed by atoms with Gasteiger partial charge >= 0.3 is 48.6 Å². The number of halogens is 12. The maximum absolute atomic E-state index is 15.2. The number of alkyl halides is 12. The van der Waals surface area contributed by atoms with Crippen LogP contribution in [0, 0.1) is 0 Å². The third-order valence-corrected chi connectivity index (χ3v) is 11.4. The van der Waals surface area contributed by atoms with Crippen molar-refractivity contribution in [3.63, 3.8) is 0 Å². The molecular weight excluding hydrogens is 1090 g/mol. The summed E-state index contributed by atoms with van der Waals surface area (Å²) in [4.78, 5) is 103. The number of aromatic carboxylic acids is 2. The smallest absolute Gasteiger partial charge is 0.417 e. The lowest BCUT2D eigenvalue weighted by Crippen LogP contribution is -2.55. The molecule has 28 heteroatoms. The molecule has 0 aliphatic heterocycles. The predicted molar refractivity (Wildman–Crippen MR) is 252 cm³/mol. The number of carbonyl (C=O) groups excluding carboxylic acids is 6. The van der Waals surface area contributed by atoms with E-state index in [4.69, 9.17) is 9.47 Å². The lowest BCUT2D eigenvalue weighted by molar-refractivity contribution is -0.288. The van der Waals surface area contributed by atoms with Crippen molar-refractivity contribution in [2.75, 3.05) is 24.7 Å². The second-order valence-corrected chi connectivity index (χ2v) is 17.3. The maximum atomic E-state index is 15.2. The van der Waals surface area contributed by atoms with Crippen LogP contribution in [0.15, 0.2) is 84.9 Å². The quantitative estimate of drug-likeness (QED) is 0.0424. The largest absolute Gasteiger partial charge is 0.478 e. The van der Waals surface area contributed by atoms with E-state index < -0.39 is 179 Å². The normalized spacial score (nSPS) is 12.2. The van der Waals surface area contributed by atoms with Gasteiger partial charge < -0.3 is 41.0 Å². The van der Waals surface area contributed by atoms with E-state index in [-0.39, 0.29) is 42.5 Å². The summed E-state index contributed by atoms with van der Waals surface area (Å²) in [6.45, 7) is 5.65. The summed E-state index contributed by atoms with van der Waals surface area (Å²) in [6.07, 6.45) is -25.9. The average Bonchev–Trinajstić information content (AvgIpc) is 3.33. The summed E-state index contributed by atoms with van der Waals surface area (Å²) in [7, 11) is 2.11. The first-order valence-electron chi connectivity index (χ1n) is 22.4. The second kappa shape index (κ2) is 22.5. The number of anilines is 2. The third-order valence-electron chi connectivity index (χ3n) is 11.4. The van der Waals surface area contributed by atoms with Gasteiger partial charge in [0.05, 0.1) is 67.8 Å². The van der Waals surface area contributed by atoms with Crippen molar-refractivity contribution in [2.45, 2.75) is 70.0 Å². The standard InChI is InChI=1S/C51H40F12N4O12/c1-21(2)78-45(76)35-20-33(36(46(77)79-22(3)4)19-32(35)40(69)65-6)42(71)67-26-10-14-28(38(18-26)49(55,56)57)27-13-9-25(17-37(27)48(52,53)54)66-41(70)31-15-23(8-12-30(31)43(72)73)47(50(58,59)60,51(61,62)63)24-7-11-29(39(68)64-5)34(16-24)44(74)75/h7-22H,1-6H3,(H,64,68)(H,65,69)(H,66,70)(H,67,71)(H,72,73)(H,74,75). The molecule has 5 rings (SSSR count). The number of carboxylic acid groups (broad SMARTS) is 2. The molecule has 0 bridgehead atoms. The number of carbonyl (C=O) groups is 8. The minimum absolute atomic E-state index is 0.00730. The molecule has 0 heterocycles. The van der Waals surface area contributed by atoms with Gasteiger partial charge in [0.25, 0.3) is 23.6 Å². The fourth-order valence-electron chi connectivity index (χ4n) is 8.00. The number of carboxylic acids is 2. The molecule has 0 spiro atoms. The molecule has 79 heavy (non-hydrogen) atoms. The Morgan fingerprint density at radius 3 is 1.10 bits per heavy atom. The topological polar surface area (TPSA) is 244 Å². The van der Waals surface area contributed by atoms with Gasteiger partial charge in [-0.25, -0.2) is 19.2 Å². The molecule has 0 fully saturated rings. The SMILES string of the molecule is CNC(=O)c1ccc(C(c2ccc(C(=O)O)c(C(=O)Nc3ccc(-c4ccc(NC(=O)c5cc(C(=O)OC(C)C)c(C(=O)NC)cc5C(=O)OC(C)C)cc4C(F)(F)F)c(C(F)(F)F)c3)c2)(C(F)(F)F)C(F)(F)F)cc1C(=O)O. The van der Waals surface area contributed by atoms with E-state index >= 15 is 26.3 Å². The second-order valence-electron chi connectivity index (χ2n) is 17.3. The van der Waals surface area contributed by atoms with Crippen molar-refractivity contribution in [3.8, 4) is 11.1 Å². The van der Waals surface area contributed by atoms with E-state index in [1.807, 2.05) is 5.32 Å². The molecule has 5 aromatic carbocycles. The van der Waals surface area contributed by atoms with Gasteiger partial charge in [0.1, 0.15) is 0 Å². The summed E-state index contributed by atoms with van der Waals surface area (Å²) in [5.41, 5.74) is -25.1. The van der Waals surface area contributed by atoms with Crippen LogP contribution in [0.25, 0.3) is 11.1 Å². The van der Waals surface area contributed by atoms with Gasteiger partial charge in [-0.2, -0.15) is 52.7 Å². The first-order valence-corrected chi connectivity index (χ1v) is 22.4. The molecule has 0 aromatic heterocycles. The molecule has 0 radical (unpaired) electrons. The van der Waals surface area contributed by atoms with Crippen molar-refractivity contribution in [1.29, 1.82) is 0 Å². The van der Waals surface area contributed by atoms with Crippen LogP contribution in [0.5, 0.6) is 0 Å². The van der Waals surface area contributed by atoms with Gasteiger partial charge in [0, 0.05) is 25.5 Å². The molecule has 0 aliphatic carbocycles. The summed E-state index contributed by atoms with van der Waals surface area (Å²) in [6, 6.07) is 3.83. The van der Waals surface area contributed by atoms with Crippen molar-refractivity contribution in [2.24, 2.45) is 0 Å². The van der Waals surface area contributed by atoms with Gasteiger partial charge in [-0.15, -0.1) is 0 Å². The summed E-state index contributed by atoms with van der Waals surface area (Å²) in [5.74, 6) is -12.4. The number of rotatable bonds is 15. The lowest BCUT2D eigenvalue weighted by atomic mass is 9.71. The summed E-state index contributed by atoms with van der Waals surface area (Å²) >= 11 is 0. The van der Waals surface area contributed by atoms with Crippen LogP contribution in [0.1, 0.15) is 133 Å². The first kappa shape index (κ1) is 60.9. The van der Waals surface area contributed by atoms with E-state index in [0.717, 1.165) is 26.2 Å². The van der Waals surface area contributed by atoms with Crippen molar-refractivity contribution in [1.82, 2.24) is 10.6 Å². The molecule has 0 aliphatic rings. The summed E-state index contributed by atoms with van der Waals surface area (Å²) in [5, 5.41) is 27.5. The molecule has 5 aromatic rings. The van der Waals surface area contributed by atoms with Crippen LogP contribution in [0.2, 0.25) is 0 Å². The van der Waals surface area contributed by atoms with Gasteiger partial charge in [-0.05, 0) is 111 Å². The third kappa shape index (κ3) is 12.6. The molecule has 420 valence electrons. The Bertz CT molecular complexity index is 3300. The number of hydrogen-bond acceptors (Lipinski definition) is 10. The van der Waals surface area contributed by atoms with Crippen molar-refractivity contribution < 1.29 is 111 Å². The van der Waals surface area contributed by atoms with Gasteiger partial charge in [0.15, 0.2) is 0 Å². The van der Waals surface area contributed by atoms with Gasteiger partial charge in [-0.3, -0.25) is 19.2 Å². The molecule has 16 nitrogen and oxygen atoms in total. The lowest BCUT2D eigenvalue weighted by Gasteiger charge is -2.38. The molecule has 0 saturated heterocycles. The summed E-state index contributed by atoms with van der Waals surface area (Å²) < 4.78 is 191. The highest BCUT2D eigenvalue weighted by Gasteiger charge is 2.73. The van der Waals surface area contributed by atoms with Crippen LogP contribution in [0.4, 0.5) is 64.1 Å². The van der Waals surface area contributed by atoms with Crippen LogP contribution >= 0.6 is 0 Å². The van der Waals surface area contributed by atoms with E-state index in [0.29, 0.717) is 30.3 Å². The van der Waals surface area contributed by atoms with Crippen LogP contribution < -0.4 is 21.3 Å². The Balaban J connectivity index is 1.64. The number of nitrogens with one attached hydrogen (secondary N) is 4. The number of ether oxygens (including phenoxy) is 2. The van der Waals surface area contributed by atoms with Crippen LogP contribution in [-0.2, 0) is 27.2 Å². The fraction of sp³-hybridized carbons (Fsp3) is 0.255. The minimum Gasteiger partial charge on any atom is -0.478 e. The number of amides is 4. The highest BCUT2D eigenvalue weighted by molar-refractivity contribution is 6.16. The highest BCUT2D eigenvalue weighted by atomic mass is 19.4. The highest BCUT2D eigenvalue weighted by Crippen LogP contribution is 2.57. The van der Waals surface area contributed by atoms with E-state index in [2.05, 4.69) is 10.6 Å². The zero-order valence-corrected chi connectivity index (χ0v) is 41.3. The van der Waals surface area contributed by atoms with Gasteiger partial charge in [0.2, 0.25) is 5.41 Å². The molecular formula is C51H40F12N4O12. The number of benzene rings is 5. The zero-order valence-electron chi connectivity index (χ0n) is 41.3. The van der Waals surface area contributed by atoms with Crippen LogP contribution in [-0.4, -0.2) is 96.4 Å². The van der Waals surface area contributed by atoms with Crippen molar-refractivity contribution >= 4 is 58.9 Å². The Kier molecular flexibility index (Phi) is 17.4. The zero-order chi connectivity index (χ0) is 59.7. The van der Waals surface area contributed by atoms with E-state index in [1.165, 1.54) is 27.7 Å². The first-order chi connectivity index (χ1) is 36.4. The van der Waals surface area contributed by atoms with E-state index in [9.17, 15) is 74.9 Å².